The number of carboxylic acids is 1. The van der Waals surface area contributed by atoms with E-state index < -0.39 is 5.97 Å². The fourth-order valence-electron chi connectivity index (χ4n) is 4.92. The molecule has 0 radical (unpaired) electrons. The molecule has 5 rings (SSSR count). The van der Waals surface area contributed by atoms with Crippen molar-refractivity contribution in [3.63, 3.8) is 0 Å². The molecule has 0 bridgehead atoms. The van der Waals surface area contributed by atoms with Gasteiger partial charge >= 0.3 is 5.97 Å². The highest BCUT2D eigenvalue weighted by molar-refractivity contribution is 6.30. The molecule has 1 saturated heterocycles. The van der Waals surface area contributed by atoms with Crippen molar-refractivity contribution < 1.29 is 9.90 Å². The molecule has 4 nitrogen and oxygen atoms in total. The van der Waals surface area contributed by atoms with Crippen LogP contribution in [0, 0.1) is 0 Å². The Morgan fingerprint density at radius 3 is 2.19 bits per heavy atom. The Morgan fingerprint density at radius 1 is 0.778 bits per heavy atom. The molecule has 5 heteroatoms. The van der Waals surface area contributed by atoms with E-state index in [1.165, 1.54) is 16.7 Å². The largest absolute Gasteiger partial charge is 0.478 e. The second kappa shape index (κ2) is 11.0. The number of nitrogens with zero attached hydrogens (tertiary/aromatic N) is 2. The van der Waals surface area contributed by atoms with Crippen molar-refractivity contribution in [2.75, 3.05) is 31.1 Å². The van der Waals surface area contributed by atoms with Gasteiger partial charge in [0.2, 0.25) is 0 Å². The number of benzene rings is 4. The zero-order chi connectivity index (χ0) is 24.9. The lowest BCUT2D eigenvalue weighted by atomic mass is 9.98. The zero-order valence-corrected chi connectivity index (χ0v) is 20.9. The molecule has 0 saturated carbocycles. The standard InChI is InChI=1S/C31H29ClN2O2/c32-27-12-10-24(11-13-27)29-9-5-4-8-25(29)22-33-16-18-34(19-17-33)28-14-15-30(31(35)36)26(21-28)20-23-6-2-1-3-7-23/h1-15,21H,16-20,22H2,(H,35,36). The van der Waals surface area contributed by atoms with Gasteiger partial charge in [-0.1, -0.05) is 78.3 Å². The smallest absolute Gasteiger partial charge is 0.335 e. The minimum Gasteiger partial charge on any atom is -0.478 e. The molecule has 1 fully saturated rings. The quantitative estimate of drug-likeness (QED) is 0.312. The summed E-state index contributed by atoms with van der Waals surface area (Å²) in [6.45, 7) is 4.60. The van der Waals surface area contributed by atoms with Crippen LogP contribution in [0.5, 0.6) is 0 Å². The van der Waals surface area contributed by atoms with Gasteiger partial charge in [0.05, 0.1) is 5.56 Å². The van der Waals surface area contributed by atoms with Crippen molar-refractivity contribution in [3.05, 3.63) is 124 Å². The third-order valence-corrected chi connectivity index (χ3v) is 7.11. The number of carbonyl (C=O) groups is 1. The summed E-state index contributed by atoms with van der Waals surface area (Å²) in [6.07, 6.45) is 0.609. The topological polar surface area (TPSA) is 43.8 Å². The van der Waals surface area contributed by atoms with Crippen LogP contribution in [0.25, 0.3) is 11.1 Å². The molecule has 0 aliphatic carbocycles. The summed E-state index contributed by atoms with van der Waals surface area (Å²) in [5.41, 5.74) is 7.16. The third kappa shape index (κ3) is 5.62. The Morgan fingerprint density at radius 2 is 1.47 bits per heavy atom. The lowest BCUT2D eigenvalue weighted by Crippen LogP contribution is -2.46. The van der Waals surface area contributed by atoms with Crippen LogP contribution in [0.3, 0.4) is 0 Å². The Labute approximate surface area is 217 Å². The highest BCUT2D eigenvalue weighted by atomic mass is 35.5. The summed E-state index contributed by atoms with van der Waals surface area (Å²) in [7, 11) is 0. The summed E-state index contributed by atoms with van der Waals surface area (Å²) >= 11 is 6.09. The van der Waals surface area contributed by atoms with Gasteiger partial charge in [0.25, 0.3) is 0 Å². The maximum Gasteiger partial charge on any atom is 0.335 e. The number of aromatic carboxylic acids is 1. The molecule has 1 aliphatic rings. The molecule has 1 N–H and O–H groups in total. The molecule has 0 atom stereocenters. The highest BCUT2D eigenvalue weighted by Gasteiger charge is 2.20. The van der Waals surface area contributed by atoms with Gasteiger partial charge in [-0.25, -0.2) is 4.79 Å². The molecular formula is C31H29ClN2O2. The maximum atomic E-state index is 11.8. The molecule has 36 heavy (non-hydrogen) atoms. The van der Waals surface area contributed by atoms with E-state index in [2.05, 4.69) is 52.3 Å². The van der Waals surface area contributed by atoms with Crippen LogP contribution in [0.1, 0.15) is 27.0 Å². The predicted octanol–water partition coefficient (Wildman–Crippen LogP) is 6.62. The van der Waals surface area contributed by atoms with Crippen molar-refractivity contribution in [1.82, 2.24) is 4.90 Å². The molecule has 1 heterocycles. The van der Waals surface area contributed by atoms with Crippen LogP contribution in [0.4, 0.5) is 5.69 Å². The van der Waals surface area contributed by atoms with Gasteiger partial charge in [0.1, 0.15) is 0 Å². The molecule has 182 valence electrons. The third-order valence-electron chi connectivity index (χ3n) is 6.86. The van der Waals surface area contributed by atoms with Crippen LogP contribution >= 0.6 is 11.6 Å². The van der Waals surface area contributed by atoms with Gasteiger partial charge in [-0.15, -0.1) is 0 Å². The molecule has 0 spiro atoms. The monoisotopic (exact) mass is 496 g/mol. The number of hydrogen-bond acceptors (Lipinski definition) is 3. The summed E-state index contributed by atoms with van der Waals surface area (Å²) in [4.78, 5) is 16.7. The van der Waals surface area contributed by atoms with Crippen molar-refractivity contribution in [1.29, 1.82) is 0 Å². The summed E-state index contributed by atoms with van der Waals surface area (Å²) in [5, 5.41) is 10.5. The van der Waals surface area contributed by atoms with Gasteiger partial charge < -0.3 is 10.0 Å². The van der Waals surface area contributed by atoms with E-state index in [4.69, 9.17) is 11.6 Å². The lowest BCUT2D eigenvalue weighted by molar-refractivity contribution is 0.0696. The number of halogens is 1. The predicted molar refractivity (Wildman–Crippen MR) is 147 cm³/mol. The van der Waals surface area contributed by atoms with E-state index >= 15 is 0 Å². The Balaban J connectivity index is 1.28. The fraction of sp³-hybridized carbons (Fsp3) is 0.194. The van der Waals surface area contributed by atoms with E-state index in [9.17, 15) is 9.90 Å². The van der Waals surface area contributed by atoms with Gasteiger partial charge in [-0.05, 0) is 64.6 Å². The highest BCUT2D eigenvalue weighted by Crippen LogP contribution is 2.28. The molecule has 0 amide bonds. The van der Waals surface area contributed by atoms with Crippen molar-refractivity contribution >= 4 is 23.3 Å². The Kier molecular flexibility index (Phi) is 7.36. The van der Waals surface area contributed by atoms with Crippen LogP contribution in [-0.4, -0.2) is 42.2 Å². The van der Waals surface area contributed by atoms with E-state index in [-0.39, 0.29) is 0 Å². The Hall–Kier alpha value is -3.60. The first-order chi connectivity index (χ1) is 17.6. The number of carboxylic acid groups (broad SMARTS) is 1. The zero-order valence-electron chi connectivity index (χ0n) is 20.1. The first kappa shape index (κ1) is 24.1. The van der Waals surface area contributed by atoms with Gasteiger partial charge in [-0.3, -0.25) is 4.90 Å². The second-order valence-electron chi connectivity index (χ2n) is 9.24. The van der Waals surface area contributed by atoms with Crippen LogP contribution in [0.2, 0.25) is 5.02 Å². The minimum atomic E-state index is -0.878. The van der Waals surface area contributed by atoms with Crippen molar-refractivity contribution in [3.8, 4) is 11.1 Å². The second-order valence-corrected chi connectivity index (χ2v) is 9.67. The summed E-state index contributed by atoms with van der Waals surface area (Å²) < 4.78 is 0. The first-order valence-electron chi connectivity index (χ1n) is 12.3. The van der Waals surface area contributed by atoms with E-state index in [1.807, 2.05) is 48.5 Å². The maximum absolute atomic E-state index is 11.8. The number of rotatable bonds is 7. The average Bonchev–Trinajstić information content (AvgIpc) is 2.90. The summed E-state index contributed by atoms with van der Waals surface area (Å²) in [6, 6.07) is 32.4. The normalized spacial score (nSPS) is 14.1. The molecular weight excluding hydrogens is 468 g/mol. The van der Waals surface area contributed by atoms with Crippen LogP contribution in [0.15, 0.2) is 97.1 Å². The minimum absolute atomic E-state index is 0.375. The Bertz CT molecular complexity index is 1330. The lowest BCUT2D eigenvalue weighted by Gasteiger charge is -2.36. The number of anilines is 1. The van der Waals surface area contributed by atoms with Crippen LogP contribution < -0.4 is 4.90 Å². The fourth-order valence-corrected chi connectivity index (χ4v) is 5.05. The molecule has 1 aliphatic heterocycles. The van der Waals surface area contributed by atoms with Crippen molar-refractivity contribution in [2.45, 2.75) is 13.0 Å². The van der Waals surface area contributed by atoms with E-state index in [0.29, 0.717) is 12.0 Å². The van der Waals surface area contributed by atoms with Crippen LogP contribution in [-0.2, 0) is 13.0 Å². The number of hydrogen-bond donors (Lipinski definition) is 1. The average molecular weight is 497 g/mol. The van der Waals surface area contributed by atoms with Gasteiger partial charge in [-0.2, -0.15) is 0 Å². The van der Waals surface area contributed by atoms with Gasteiger partial charge in [0, 0.05) is 43.4 Å². The molecule has 4 aromatic rings. The molecule has 0 aromatic heterocycles. The number of piperazine rings is 1. The van der Waals surface area contributed by atoms with E-state index in [1.54, 1.807) is 6.07 Å². The molecule has 0 unspecified atom stereocenters. The van der Waals surface area contributed by atoms with E-state index in [0.717, 1.165) is 54.6 Å². The first-order valence-corrected chi connectivity index (χ1v) is 12.7. The molecule has 4 aromatic carbocycles. The van der Waals surface area contributed by atoms with Gasteiger partial charge in [0.15, 0.2) is 0 Å². The summed E-state index contributed by atoms with van der Waals surface area (Å²) in [5.74, 6) is -0.878. The van der Waals surface area contributed by atoms with Crippen molar-refractivity contribution in [2.24, 2.45) is 0 Å². The SMILES string of the molecule is O=C(O)c1ccc(N2CCN(Cc3ccccc3-c3ccc(Cl)cc3)CC2)cc1Cc1ccccc1.